The molecule has 15 heteroatoms. The van der Waals surface area contributed by atoms with Gasteiger partial charge in [-0.3, -0.25) is 14.6 Å². The third-order valence-corrected chi connectivity index (χ3v) is 10.5. The summed E-state index contributed by atoms with van der Waals surface area (Å²) < 4.78 is 46.8. The molecule has 13 nitrogen and oxygen atoms in total. The molecule has 42 heavy (non-hydrogen) atoms. The van der Waals surface area contributed by atoms with E-state index in [0.717, 1.165) is 18.4 Å². The van der Waals surface area contributed by atoms with Crippen LogP contribution in [0, 0.1) is 0 Å². The maximum atomic E-state index is 14.1. The second kappa shape index (κ2) is 14.2. The third kappa shape index (κ3) is 7.18. The van der Waals surface area contributed by atoms with Gasteiger partial charge in [0, 0.05) is 70.5 Å². The summed E-state index contributed by atoms with van der Waals surface area (Å²) in [6, 6.07) is 5.32. The van der Waals surface area contributed by atoms with Crippen molar-refractivity contribution < 1.29 is 37.1 Å². The highest BCUT2D eigenvalue weighted by atomic mass is 35.5. The summed E-state index contributed by atoms with van der Waals surface area (Å²) in [5, 5.41) is 0.669. The molecule has 4 saturated heterocycles. The highest BCUT2D eigenvalue weighted by Gasteiger charge is 2.56. The number of carbonyl (C=O) groups is 2. The van der Waals surface area contributed by atoms with Crippen LogP contribution in [0.4, 0.5) is 4.79 Å². The molecule has 4 atom stereocenters. The Kier molecular flexibility index (Phi) is 10.6. The first-order chi connectivity index (χ1) is 20.3. The number of hydrogen-bond acceptors (Lipinski definition) is 9. The number of rotatable bonds is 10. The average Bonchev–Trinajstić information content (AvgIpc) is 3.30. The molecule has 1 aromatic carbocycles. The van der Waals surface area contributed by atoms with Crippen molar-refractivity contribution in [1.82, 2.24) is 23.9 Å². The van der Waals surface area contributed by atoms with Crippen LogP contribution in [-0.4, -0.2) is 123 Å². The lowest BCUT2D eigenvalue weighted by atomic mass is 10.1. The fourth-order valence-electron chi connectivity index (χ4n) is 6.13. The number of piperazine rings is 2. The molecule has 4 aliphatic rings. The van der Waals surface area contributed by atoms with Gasteiger partial charge in [0.05, 0.1) is 12.6 Å². The maximum absolute atomic E-state index is 14.1. The first-order valence-electron chi connectivity index (χ1n) is 14.5. The Hall–Kier alpha value is -2.04. The van der Waals surface area contributed by atoms with Crippen LogP contribution in [0.3, 0.4) is 0 Å². The summed E-state index contributed by atoms with van der Waals surface area (Å²) in [5.41, 5.74) is 3.55. The van der Waals surface area contributed by atoms with Gasteiger partial charge in [-0.1, -0.05) is 23.7 Å². The highest BCUT2D eigenvalue weighted by molar-refractivity contribution is 7.86. The van der Waals surface area contributed by atoms with Gasteiger partial charge in [0.2, 0.25) is 0 Å². The molecule has 5 rings (SSSR count). The molecule has 1 unspecified atom stereocenters. The van der Waals surface area contributed by atoms with Crippen LogP contribution in [0.1, 0.15) is 37.7 Å². The standard InChI is InChI=1S/C27H40ClN5O8S/c1-38-16-17-40-27(35)33-22-9-10-23(33)25(26(34)29-41-24-4-2-3-15-39-24)32(19-22)42(36,37)31-13-11-30(12-14-31)18-20-5-7-21(28)8-6-20/h5-8,22-25H,2-4,9-19H2,1H3,(H,29,34)/t22-,23+,24?,25-/m1/s1. The van der Waals surface area contributed by atoms with Gasteiger partial charge in [0.1, 0.15) is 12.6 Å². The lowest BCUT2D eigenvalue weighted by Crippen LogP contribution is -2.68. The minimum absolute atomic E-state index is 0.0127. The van der Waals surface area contributed by atoms with Crippen LogP contribution >= 0.6 is 11.6 Å². The van der Waals surface area contributed by atoms with Crippen molar-refractivity contribution in [3.05, 3.63) is 34.9 Å². The number of hydroxylamine groups is 1. The summed E-state index contributed by atoms with van der Waals surface area (Å²) in [5.74, 6) is -0.630. The van der Waals surface area contributed by atoms with Crippen LogP contribution in [0.2, 0.25) is 5.02 Å². The molecular formula is C27H40ClN5O8S. The molecule has 4 aliphatic heterocycles. The number of carbonyl (C=O) groups excluding carboxylic acids is 2. The molecule has 0 spiro atoms. The van der Waals surface area contributed by atoms with E-state index in [1.807, 2.05) is 24.3 Å². The van der Waals surface area contributed by atoms with Crippen molar-refractivity contribution >= 4 is 33.8 Å². The molecule has 2 amide bonds. The predicted octanol–water partition coefficient (Wildman–Crippen LogP) is 1.58. The van der Waals surface area contributed by atoms with Gasteiger partial charge >= 0.3 is 6.09 Å². The molecule has 0 aliphatic carbocycles. The van der Waals surface area contributed by atoms with E-state index < -0.39 is 46.6 Å². The summed E-state index contributed by atoms with van der Waals surface area (Å²) in [4.78, 5) is 35.9. The van der Waals surface area contributed by atoms with Gasteiger partial charge in [0.25, 0.3) is 16.1 Å². The molecule has 4 heterocycles. The minimum atomic E-state index is -4.04. The molecule has 1 N–H and O–H groups in total. The Morgan fingerprint density at radius 1 is 1.05 bits per heavy atom. The van der Waals surface area contributed by atoms with Crippen LogP contribution < -0.4 is 5.48 Å². The van der Waals surface area contributed by atoms with E-state index in [0.29, 0.717) is 50.5 Å². The summed E-state index contributed by atoms with van der Waals surface area (Å²) in [6.45, 7) is 3.15. The van der Waals surface area contributed by atoms with Gasteiger partial charge in [-0.2, -0.15) is 17.0 Å². The van der Waals surface area contributed by atoms with Gasteiger partial charge < -0.3 is 14.2 Å². The Morgan fingerprint density at radius 3 is 2.50 bits per heavy atom. The van der Waals surface area contributed by atoms with Crippen LogP contribution in [0.15, 0.2) is 24.3 Å². The van der Waals surface area contributed by atoms with E-state index in [9.17, 15) is 18.0 Å². The predicted molar refractivity (Wildman–Crippen MR) is 152 cm³/mol. The molecule has 0 radical (unpaired) electrons. The smallest absolute Gasteiger partial charge is 0.410 e. The quantitative estimate of drug-likeness (QED) is 0.303. The number of fused-ring (bicyclic) bond motifs is 2. The zero-order valence-corrected chi connectivity index (χ0v) is 25.4. The number of ether oxygens (including phenoxy) is 3. The Balaban J connectivity index is 1.29. The summed E-state index contributed by atoms with van der Waals surface area (Å²) in [7, 11) is -2.54. The Morgan fingerprint density at radius 2 is 1.81 bits per heavy atom. The average molecular weight is 630 g/mol. The minimum Gasteiger partial charge on any atom is -0.447 e. The van der Waals surface area contributed by atoms with Crippen LogP contribution in [0.5, 0.6) is 0 Å². The first kappa shape index (κ1) is 31.4. The topological polar surface area (TPSA) is 130 Å². The molecule has 0 saturated carbocycles. The number of amides is 2. The molecular weight excluding hydrogens is 590 g/mol. The zero-order valence-electron chi connectivity index (χ0n) is 23.9. The molecule has 0 aromatic heterocycles. The fraction of sp³-hybridized carbons (Fsp3) is 0.704. The van der Waals surface area contributed by atoms with E-state index in [2.05, 4.69) is 10.4 Å². The van der Waals surface area contributed by atoms with Crippen LogP contribution in [-0.2, 0) is 40.6 Å². The van der Waals surface area contributed by atoms with Gasteiger partial charge in [0.15, 0.2) is 6.29 Å². The number of nitrogens with one attached hydrogen (secondary N) is 1. The van der Waals surface area contributed by atoms with E-state index >= 15 is 0 Å². The number of methoxy groups -OCH3 is 1. The number of benzene rings is 1. The maximum Gasteiger partial charge on any atom is 0.410 e. The van der Waals surface area contributed by atoms with Gasteiger partial charge in [-0.05, 0) is 43.4 Å². The van der Waals surface area contributed by atoms with Crippen molar-refractivity contribution in [2.45, 2.75) is 63.1 Å². The van der Waals surface area contributed by atoms with Crippen molar-refractivity contribution in [2.75, 3.05) is 59.7 Å². The molecule has 4 fully saturated rings. The van der Waals surface area contributed by atoms with E-state index in [-0.39, 0.29) is 32.8 Å². The van der Waals surface area contributed by atoms with E-state index in [1.54, 1.807) is 0 Å². The molecule has 1 aromatic rings. The number of hydrogen-bond donors (Lipinski definition) is 1. The monoisotopic (exact) mass is 629 g/mol. The highest BCUT2D eigenvalue weighted by Crippen LogP contribution is 2.37. The summed E-state index contributed by atoms with van der Waals surface area (Å²) in [6.07, 6.45) is 2.28. The largest absolute Gasteiger partial charge is 0.447 e. The Bertz CT molecular complexity index is 1180. The normalized spacial score (nSPS) is 27.6. The van der Waals surface area contributed by atoms with Gasteiger partial charge in [-0.25, -0.2) is 15.1 Å². The summed E-state index contributed by atoms with van der Waals surface area (Å²) >= 11 is 6.00. The molecule has 234 valence electrons. The SMILES string of the molecule is COCCOC(=O)N1[C@@H]2CC[C@H]1[C@H](C(=O)NOC1CCCCO1)N(S(=O)(=O)N1CCN(Cc3ccc(Cl)cc3)CC1)C2. The second-order valence-electron chi connectivity index (χ2n) is 11.0. The zero-order chi connectivity index (χ0) is 29.7. The van der Waals surface area contributed by atoms with E-state index in [1.165, 1.54) is 20.6 Å². The van der Waals surface area contributed by atoms with Gasteiger partial charge in [-0.15, -0.1) is 0 Å². The van der Waals surface area contributed by atoms with Crippen LogP contribution in [0.25, 0.3) is 0 Å². The van der Waals surface area contributed by atoms with Crippen molar-refractivity contribution in [1.29, 1.82) is 0 Å². The molecule has 2 bridgehead atoms. The lowest BCUT2D eigenvalue weighted by molar-refractivity contribution is -0.203. The van der Waals surface area contributed by atoms with Crippen molar-refractivity contribution in [2.24, 2.45) is 0 Å². The lowest BCUT2D eigenvalue weighted by Gasteiger charge is -2.46. The van der Waals surface area contributed by atoms with Crippen molar-refractivity contribution in [3.63, 3.8) is 0 Å². The fourth-order valence-corrected chi connectivity index (χ4v) is 8.06. The first-order valence-corrected chi connectivity index (χ1v) is 16.3. The number of halogens is 1. The van der Waals surface area contributed by atoms with E-state index in [4.69, 9.17) is 30.6 Å². The number of nitrogens with zero attached hydrogens (tertiary/aromatic N) is 4. The Labute approximate surface area is 252 Å². The third-order valence-electron chi connectivity index (χ3n) is 8.31. The second-order valence-corrected chi connectivity index (χ2v) is 13.3. The van der Waals surface area contributed by atoms with Crippen molar-refractivity contribution in [3.8, 4) is 0 Å².